The minimum absolute atomic E-state index is 0.332. The Labute approximate surface area is 152 Å². The molecule has 0 saturated carbocycles. The predicted molar refractivity (Wildman–Crippen MR) is 101 cm³/mol. The smallest absolute Gasteiger partial charge is 0.306 e. The van der Waals surface area contributed by atoms with Gasteiger partial charge in [-0.15, -0.1) is 0 Å². The Morgan fingerprint density at radius 2 is 1.85 bits per heavy atom. The van der Waals surface area contributed by atoms with Crippen LogP contribution in [0.1, 0.15) is 43.2 Å². The van der Waals surface area contributed by atoms with Crippen molar-refractivity contribution >= 4 is 17.1 Å². The summed E-state index contributed by atoms with van der Waals surface area (Å²) in [6.45, 7) is 7.67. The highest BCUT2D eigenvalue weighted by Crippen LogP contribution is 2.23. The standard InChI is InChI=1S/C20H24N4O2/c1-5-17-23-18-13(3)21-14(4)22-19(18)24(17)16-10-8-15(9-11-16)7-6-12(2)20(25)26/h8-12H,5-7H2,1-4H3,(H,25,26). The molecule has 1 atom stereocenters. The fourth-order valence-electron chi connectivity index (χ4n) is 3.10. The van der Waals surface area contributed by atoms with E-state index in [2.05, 4.69) is 33.6 Å². The van der Waals surface area contributed by atoms with Gasteiger partial charge in [0.25, 0.3) is 0 Å². The zero-order valence-electron chi connectivity index (χ0n) is 15.7. The second-order valence-corrected chi connectivity index (χ2v) is 6.69. The van der Waals surface area contributed by atoms with Gasteiger partial charge < -0.3 is 5.11 Å². The fraction of sp³-hybridized carbons (Fsp3) is 0.400. The molecule has 0 radical (unpaired) electrons. The molecule has 1 unspecified atom stereocenters. The molecule has 0 aliphatic heterocycles. The van der Waals surface area contributed by atoms with Gasteiger partial charge in [-0.05, 0) is 44.4 Å². The van der Waals surface area contributed by atoms with Crippen LogP contribution in [0, 0.1) is 19.8 Å². The van der Waals surface area contributed by atoms with Gasteiger partial charge >= 0.3 is 5.97 Å². The molecule has 0 bridgehead atoms. The average Bonchev–Trinajstić information content (AvgIpc) is 2.98. The summed E-state index contributed by atoms with van der Waals surface area (Å²) < 4.78 is 2.08. The molecular weight excluding hydrogens is 328 g/mol. The van der Waals surface area contributed by atoms with Gasteiger partial charge in [0.1, 0.15) is 17.2 Å². The van der Waals surface area contributed by atoms with Crippen molar-refractivity contribution in [2.45, 2.75) is 47.0 Å². The Bertz CT molecular complexity index is 945. The number of aliphatic carboxylic acids is 1. The molecule has 0 amide bonds. The van der Waals surface area contributed by atoms with Crippen LogP contribution in [-0.2, 0) is 17.6 Å². The maximum atomic E-state index is 11.0. The number of fused-ring (bicyclic) bond motifs is 1. The molecule has 0 saturated heterocycles. The molecule has 3 rings (SSSR count). The number of carbonyl (C=O) groups is 1. The Kier molecular flexibility index (Phi) is 5.02. The van der Waals surface area contributed by atoms with Gasteiger partial charge in [0.05, 0.1) is 11.6 Å². The summed E-state index contributed by atoms with van der Waals surface area (Å²) in [6, 6.07) is 8.20. The maximum absolute atomic E-state index is 11.0. The molecule has 0 aliphatic rings. The molecular formula is C20H24N4O2. The number of aryl methyl sites for hydroxylation is 4. The van der Waals surface area contributed by atoms with E-state index < -0.39 is 5.97 Å². The van der Waals surface area contributed by atoms with Crippen molar-refractivity contribution in [2.24, 2.45) is 5.92 Å². The summed E-state index contributed by atoms with van der Waals surface area (Å²) in [7, 11) is 0. The molecule has 6 nitrogen and oxygen atoms in total. The zero-order valence-corrected chi connectivity index (χ0v) is 15.7. The van der Waals surface area contributed by atoms with Crippen molar-refractivity contribution in [2.75, 3.05) is 0 Å². The highest BCUT2D eigenvalue weighted by atomic mass is 16.4. The predicted octanol–water partition coefficient (Wildman–Crippen LogP) is 3.65. The molecule has 3 aromatic rings. The highest BCUT2D eigenvalue weighted by molar-refractivity contribution is 5.76. The second-order valence-electron chi connectivity index (χ2n) is 6.69. The van der Waals surface area contributed by atoms with Crippen molar-refractivity contribution in [3.8, 4) is 5.69 Å². The summed E-state index contributed by atoms with van der Waals surface area (Å²) in [4.78, 5) is 24.7. The highest BCUT2D eigenvalue weighted by Gasteiger charge is 2.16. The number of carboxylic acids is 1. The SMILES string of the molecule is CCc1nc2c(C)nc(C)nc2n1-c1ccc(CCC(C)C(=O)O)cc1. The summed E-state index contributed by atoms with van der Waals surface area (Å²) in [5.41, 5.74) is 4.70. The van der Waals surface area contributed by atoms with Crippen LogP contribution in [0.25, 0.3) is 16.9 Å². The van der Waals surface area contributed by atoms with Crippen LogP contribution in [-0.4, -0.2) is 30.6 Å². The first-order valence-electron chi connectivity index (χ1n) is 8.95. The summed E-state index contributed by atoms with van der Waals surface area (Å²) in [5.74, 6) is 0.611. The third-order valence-corrected chi connectivity index (χ3v) is 4.66. The number of aromatic nitrogens is 4. The maximum Gasteiger partial charge on any atom is 0.306 e. The van der Waals surface area contributed by atoms with E-state index in [4.69, 9.17) is 10.1 Å². The van der Waals surface area contributed by atoms with Crippen LogP contribution < -0.4 is 0 Å². The molecule has 1 aromatic carbocycles. The van der Waals surface area contributed by atoms with E-state index in [1.165, 1.54) is 0 Å². The van der Waals surface area contributed by atoms with E-state index in [0.717, 1.165) is 52.6 Å². The van der Waals surface area contributed by atoms with E-state index in [1.54, 1.807) is 6.92 Å². The van der Waals surface area contributed by atoms with Gasteiger partial charge in [0, 0.05) is 12.1 Å². The lowest BCUT2D eigenvalue weighted by molar-refractivity contribution is -0.141. The number of benzene rings is 1. The van der Waals surface area contributed by atoms with E-state index in [0.29, 0.717) is 6.42 Å². The van der Waals surface area contributed by atoms with Gasteiger partial charge in [0.15, 0.2) is 5.65 Å². The Balaban J connectivity index is 1.95. The summed E-state index contributed by atoms with van der Waals surface area (Å²) in [6.07, 6.45) is 2.18. The second kappa shape index (κ2) is 7.23. The molecule has 0 fully saturated rings. The number of imidazole rings is 1. The van der Waals surface area contributed by atoms with E-state index in [1.807, 2.05) is 26.0 Å². The third kappa shape index (κ3) is 3.45. The minimum atomic E-state index is -0.746. The van der Waals surface area contributed by atoms with Crippen LogP contribution in [0.15, 0.2) is 24.3 Å². The largest absolute Gasteiger partial charge is 0.481 e. The van der Waals surface area contributed by atoms with Crippen LogP contribution in [0.3, 0.4) is 0 Å². The van der Waals surface area contributed by atoms with Gasteiger partial charge in [-0.25, -0.2) is 15.0 Å². The van der Waals surface area contributed by atoms with Crippen molar-refractivity contribution < 1.29 is 9.90 Å². The van der Waals surface area contributed by atoms with Gasteiger partial charge in [-0.3, -0.25) is 9.36 Å². The first-order valence-corrected chi connectivity index (χ1v) is 8.95. The lowest BCUT2D eigenvalue weighted by Gasteiger charge is -2.10. The van der Waals surface area contributed by atoms with Crippen LogP contribution in [0.4, 0.5) is 0 Å². The Hall–Kier alpha value is -2.76. The lowest BCUT2D eigenvalue weighted by Crippen LogP contribution is -2.10. The molecule has 0 spiro atoms. The number of hydrogen-bond acceptors (Lipinski definition) is 4. The number of rotatable bonds is 6. The number of nitrogens with zero attached hydrogens (tertiary/aromatic N) is 4. The molecule has 26 heavy (non-hydrogen) atoms. The topological polar surface area (TPSA) is 80.9 Å². The molecule has 2 heterocycles. The Morgan fingerprint density at radius 3 is 2.46 bits per heavy atom. The van der Waals surface area contributed by atoms with Crippen molar-refractivity contribution in [3.63, 3.8) is 0 Å². The summed E-state index contributed by atoms with van der Waals surface area (Å²) >= 11 is 0. The van der Waals surface area contributed by atoms with Crippen molar-refractivity contribution in [1.82, 2.24) is 19.5 Å². The molecule has 6 heteroatoms. The first kappa shape index (κ1) is 18.0. The van der Waals surface area contributed by atoms with Crippen LogP contribution >= 0.6 is 0 Å². The minimum Gasteiger partial charge on any atom is -0.481 e. The third-order valence-electron chi connectivity index (χ3n) is 4.66. The number of carboxylic acid groups (broad SMARTS) is 1. The van der Waals surface area contributed by atoms with Crippen molar-refractivity contribution in [3.05, 3.63) is 47.2 Å². The Morgan fingerprint density at radius 1 is 1.15 bits per heavy atom. The quantitative estimate of drug-likeness (QED) is 0.732. The van der Waals surface area contributed by atoms with E-state index >= 15 is 0 Å². The van der Waals surface area contributed by atoms with Gasteiger partial charge in [-0.1, -0.05) is 26.0 Å². The lowest BCUT2D eigenvalue weighted by atomic mass is 10.0. The number of hydrogen-bond donors (Lipinski definition) is 1. The molecule has 2 aromatic heterocycles. The summed E-state index contributed by atoms with van der Waals surface area (Å²) in [5, 5.41) is 9.01. The zero-order chi connectivity index (χ0) is 18.8. The van der Waals surface area contributed by atoms with Gasteiger partial charge in [0.2, 0.25) is 0 Å². The van der Waals surface area contributed by atoms with Crippen LogP contribution in [0.2, 0.25) is 0 Å². The molecule has 1 N–H and O–H groups in total. The van der Waals surface area contributed by atoms with Crippen LogP contribution in [0.5, 0.6) is 0 Å². The normalized spacial score (nSPS) is 12.5. The van der Waals surface area contributed by atoms with E-state index in [-0.39, 0.29) is 5.92 Å². The van der Waals surface area contributed by atoms with Gasteiger partial charge in [-0.2, -0.15) is 0 Å². The first-order chi connectivity index (χ1) is 12.4. The molecule has 136 valence electrons. The fourth-order valence-corrected chi connectivity index (χ4v) is 3.10. The van der Waals surface area contributed by atoms with Crippen molar-refractivity contribution in [1.29, 1.82) is 0 Å². The van der Waals surface area contributed by atoms with E-state index in [9.17, 15) is 4.79 Å². The average molecular weight is 352 g/mol. The molecule has 0 aliphatic carbocycles. The monoisotopic (exact) mass is 352 g/mol.